The molecule has 3 rings (SSSR count). The van der Waals surface area contributed by atoms with E-state index < -0.39 is 22.9 Å². The van der Waals surface area contributed by atoms with Crippen molar-refractivity contribution in [3.8, 4) is 17.0 Å². The van der Waals surface area contributed by atoms with Gasteiger partial charge in [-0.1, -0.05) is 12.1 Å². The van der Waals surface area contributed by atoms with Gasteiger partial charge in [0.05, 0.1) is 22.3 Å². The quantitative estimate of drug-likeness (QED) is 0.297. The van der Waals surface area contributed by atoms with Gasteiger partial charge in [0, 0.05) is 23.1 Å². The molecule has 0 saturated heterocycles. The van der Waals surface area contributed by atoms with Crippen LogP contribution < -0.4 is 10.1 Å². The molecule has 9 nitrogen and oxygen atoms in total. The summed E-state index contributed by atoms with van der Waals surface area (Å²) in [7, 11) is 0. The van der Waals surface area contributed by atoms with E-state index in [1.807, 2.05) is 13.8 Å². The van der Waals surface area contributed by atoms with Crippen molar-refractivity contribution >= 4 is 34.0 Å². The van der Waals surface area contributed by atoms with Crippen molar-refractivity contribution in [3.05, 3.63) is 69.6 Å². The Bertz CT molecular complexity index is 1130. The van der Waals surface area contributed by atoms with E-state index in [2.05, 4.69) is 10.3 Å². The molecular weight excluding hydrogens is 434 g/mol. The minimum absolute atomic E-state index is 0.0138. The Morgan fingerprint density at radius 2 is 1.84 bits per heavy atom. The first-order valence-electron chi connectivity index (χ1n) is 9.72. The molecule has 2 aromatic carbocycles. The number of esters is 1. The number of amides is 1. The largest absolute Gasteiger partial charge is 0.491 e. The van der Waals surface area contributed by atoms with Crippen molar-refractivity contribution < 1.29 is 24.0 Å². The van der Waals surface area contributed by atoms with Gasteiger partial charge in [-0.25, -0.2) is 9.78 Å². The number of anilines is 1. The average molecular weight is 455 g/mol. The van der Waals surface area contributed by atoms with Crippen LogP contribution in [0.25, 0.3) is 11.3 Å². The van der Waals surface area contributed by atoms with Gasteiger partial charge in [-0.15, -0.1) is 11.3 Å². The standard InChI is InChI=1S/C22H21N3O6S/c1-13(2)30-18-9-7-15(8-10-18)21(27)31-14(3)20(26)24-22-23-19(12-32-22)16-5-4-6-17(11-16)25(28)29/h4-14H,1-3H3,(H,23,24,26)/t14-/m1/s1. The first kappa shape index (κ1) is 22.9. The van der Waals surface area contributed by atoms with Gasteiger partial charge in [0.15, 0.2) is 11.2 Å². The zero-order valence-corrected chi connectivity index (χ0v) is 18.4. The third kappa shape index (κ3) is 5.88. The smallest absolute Gasteiger partial charge is 0.338 e. The van der Waals surface area contributed by atoms with E-state index in [0.717, 1.165) is 11.3 Å². The number of nitrogens with zero attached hydrogens (tertiary/aromatic N) is 2. The van der Waals surface area contributed by atoms with Crippen LogP contribution in [0.3, 0.4) is 0 Å². The molecule has 3 aromatic rings. The van der Waals surface area contributed by atoms with Crippen LogP contribution >= 0.6 is 11.3 Å². The van der Waals surface area contributed by atoms with Crippen LogP contribution in [0.1, 0.15) is 31.1 Å². The lowest BCUT2D eigenvalue weighted by Gasteiger charge is -2.13. The third-order valence-electron chi connectivity index (χ3n) is 4.20. The number of ether oxygens (including phenoxy) is 2. The second-order valence-corrected chi connectivity index (χ2v) is 7.93. The van der Waals surface area contributed by atoms with Crippen molar-refractivity contribution in [2.45, 2.75) is 33.0 Å². The molecule has 0 aliphatic carbocycles. The van der Waals surface area contributed by atoms with Crippen LogP contribution in [0.2, 0.25) is 0 Å². The van der Waals surface area contributed by atoms with E-state index >= 15 is 0 Å². The van der Waals surface area contributed by atoms with Crippen LogP contribution in [-0.4, -0.2) is 34.0 Å². The summed E-state index contributed by atoms with van der Waals surface area (Å²) in [6.07, 6.45) is -1.04. The fraction of sp³-hybridized carbons (Fsp3) is 0.227. The maximum absolute atomic E-state index is 12.4. The normalized spacial score (nSPS) is 11.6. The summed E-state index contributed by atoms with van der Waals surface area (Å²) in [5, 5.41) is 15.5. The number of nitro benzene ring substituents is 1. The maximum atomic E-state index is 12.4. The Kier molecular flexibility index (Phi) is 7.16. The first-order chi connectivity index (χ1) is 15.2. The predicted octanol–water partition coefficient (Wildman–Crippen LogP) is 4.69. The molecule has 166 valence electrons. The lowest BCUT2D eigenvalue weighted by Crippen LogP contribution is -2.29. The Balaban J connectivity index is 1.59. The van der Waals surface area contributed by atoms with Gasteiger partial charge < -0.3 is 9.47 Å². The number of nitrogens with one attached hydrogen (secondary N) is 1. The van der Waals surface area contributed by atoms with Gasteiger partial charge in [0.2, 0.25) is 0 Å². The Hall–Kier alpha value is -3.79. The van der Waals surface area contributed by atoms with Gasteiger partial charge in [0.25, 0.3) is 11.6 Å². The molecule has 0 radical (unpaired) electrons. The number of aromatic nitrogens is 1. The molecule has 1 aromatic heterocycles. The van der Waals surface area contributed by atoms with Gasteiger partial charge >= 0.3 is 5.97 Å². The number of rotatable bonds is 8. The molecule has 0 saturated carbocycles. The topological polar surface area (TPSA) is 121 Å². The summed E-state index contributed by atoms with van der Waals surface area (Å²) in [5.41, 5.74) is 1.29. The summed E-state index contributed by atoms with van der Waals surface area (Å²) in [6.45, 7) is 5.26. The fourth-order valence-corrected chi connectivity index (χ4v) is 3.40. The molecule has 0 fully saturated rings. The third-order valence-corrected chi connectivity index (χ3v) is 4.96. The number of benzene rings is 2. The van der Waals surface area contributed by atoms with Crippen LogP contribution in [-0.2, 0) is 9.53 Å². The Morgan fingerprint density at radius 3 is 2.50 bits per heavy atom. The summed E-state index contributed by atoms with van der Waals surface area (Å²) in [4.78, 5) is 39.5. The SMILES string of the molecule is CC(C)Oc1ccc(C(=O)O[C@H](C)C(=O)Nc2nc(-c3cccc([N+](=O)[O-])c3)cs2)cc1. The zero-order chi connectivity index (χ0) is 23.3. The molecule has 0 aliphatic rings. The highest BCUT2D eigenvalue weighted by atomic mass is 32.1. The molecule has 1 amide bonds. The van der Waals surface area contributed by atoms with Crippen LogP contribution in [0, 0.1) is 10.1 Å². The number of thiazole rings is 1. The summed E-state index contributed by atoms with van der Waals surface area (Å²) in [5.74, 6) is -0.552. The van der Waals surface area contributed by atoms with Crippen molar-refractivity contribution in [2.24, 2.45) is 0 Å². The minimum Gasteiger partial charge on any atom is -0.491 e. The van der Waals surface area contributed by atoms with Crippen molar-refractivity contribution in [1.29, 1.82) is 0 Å². The van der Waals surface area contributed by atoms with E-state index in [-0.39, 0.29) is 16.9 Å². The second kappa shape index (κ2) is 10.0. The highest BCUT2D eigenvalue weighted by Crippen LogP contribution is 2.27. The second-order valence-electron chi connectivity index (χ2n) is 7.07. The van der Waals surface area contributed by atoms with Crippen molar-refractivity contribution in [3.63, 3.8) is 0 Å². The Morgan fingerprint density at radius 1 is 1.12 bits per heavy atom. The van der Waals surface area contributed by atoms with Gasteiger partial charge in [-0.2, -0.15) is 0 Å². The predicted molar refractivity (Wildman–Crippen MR) is 120 cm³/mol. The van der Waals surface area contributed by atoms with E-state index in [1.165, 1.54) is 19.1 Å². The number of carbonyl (C=O) groups is 2. The number of carbonyl (C=O) groups excluding carboxylic acids is 2. The van der Waals surface area contributed by atoms with E-state index in [1.54, 1.807) is 41.8 Å². The molecular formula is C22H21N3O6S. The lowest BCUT2D eigenvalue weighted by molar-refractivity contribution is -0.384. The lowest BCUT2D eigenvalue weighted by atomic mass is 10.1. The zero-order valence-electron chi connectivity index (χ0n) is 17.6. The Labute approximate surface area is 188 Å². The molecule has 1 heterocycles. The average Bonchev–Trinajstić information content (AvgIpc) is 3.22. The monoisotopic (exact) mass is 455 g/mol. The number of hydrogen-bond donors (Lipinski definition) is 1. The van der Waals surface area contributed by atoms with Gasteiger partial charge in [-0.05, 0) is 45.0 Å². The maximum Gasteiger partial charge on any atom is 0.338 e. The first-order valence-corrected chi connectivity index (χ1v) is 10.6. The molecule has 1 atom stereocenters. The number of nitro groups is 1. The van der Waals surface area contributed by atoms with E-state index in [9.17, 15) is 19.7 Å². The number of hydrogen-bond acceptors (Lipinski definition) is 8. The van der Waals surface area contributed by atoms with Crippen LogP contribution in [0.15, 0.2) is 53.9 Å². The molecule has 10 heteroatoms. The van der Waals surface area contributed by atoms with E-state index in [0.29, 0.717) is 22.6 Å². The summed E-state index contributed by atoms with van der Waals surface area (Å²) in [6, 6.07) is 12.5. The molecule has 0 bridgehead atoms. The molecule has 0 unspecified atom stereocenters. The van der Waals surface area contributed by atoms with Crippen LogP contribution in [0.5, 0.6) is 5.75 Å². The highest BCUT2D eigenvalue weighted by Gasteiger charge is 2.20. The van der Waals surface area contributed by atoms with Crippen molar-refractivity contribution in [2.75, 3.05) is 5.32 Å². The van der Waals surface area contributed by atoms with Gasteiger partial charge in [-0.3, -0.25) is 20.2 Å². The molecule has 32 heavy (non-hydrogen) atoms. The fourth-order valence-electron chi connectivity index (χ4n) is 2.67. The minimum atomic E-state index is -1.06. The van der Waals surface area contributed by atoms with E-state index in [4.69, 9.17) is 9.47 Å². The molecule has 0 aliphatic heterocycles. The number of non-ortho nitro benzene ring substituents is 1. The summed E-state index contributed by atoms with van der Waals surface area (Å²) >= 11 is 1.16. The highest BCUT2D eigenvalue weighted by molar-refractivity contribution is 7.14. The van der Waals surface area contributed by atoms with Crippen LogP contribution in [0.4, 0.5) is 10.8 Å². The molecule has 0 spiro atoms. The molecule has 1 N–H and O–H groups in total. The van der Waals surface area contributed by atoms with Gasteiger partial charge in [0.1, 0.15) is 5.75 Å². The summed E-state index contributed by atoms with van der Waals surface area (Å²) < 4.78 is 10.8. The van der Waals surface area contributed by atoms with Crippen molar-refractivity contribution in [1.82, 2.24) is 4.98 Å².